The zero-order valence-electron chi connectivity index (χ0n) is 17.8. The van der Waals surface area contributed by atoms with E-state index >= 15 is 0 Å². The van der Waals surface area contributed by atoms with Crippen LogP contribution in [0.3, 0.4) is 0 Å². The second-order valence-corrected chi connectivity index (χ2v) is 7.78. The Morgan fingerprint density at radius 3 is 2.47 bits per heavy atom. The molecule has 0 unspecified atom stereocenters. The van der Waals surface area contributed by atoms with E-state index in [0.29, 0.717) is 13.1 Å². The molecule has 2 aromatic carbocycles. The molecule has 30 heavy (non-hydrogen) atoms. The van der Waals surface area contributed by atoms with Crippen molar-refractivity contribution in [1.29, 1.82) is 0 Å². The molecular formula is C23H29F2N3O2. The van der Waals surface area contributed by atoms with E-state index in [4.69, 9.17) is 4.74 Å². The summed E-state index contributed by atoms with van der Waals surface area (Å²) in [5, 5.41) is 0. The number of rotatable bonds is 7. The van der Waals surface area contributed by atoms with Gasteiger partial charge in [-0.1, -0.05) is 18.2 Å². The number of ether oxygens (including phenoxy) is 1. The molecular weight excluding hydrogens is 388 g/mol. The fourth-order valence-corrected chi connectivity index (χ4v) is 3.84. The van der Waals surface area contributed by atoms with Gasteiger partial charge in [0, 0.05) is 46.3 Å². The summed E-state index contributed by atoms with van der Waals surface area (Å²) in [5.74, 6) is -0.383. The van der Waals surface area contributed by atoms with E-state index in [1.54, 1.807) is 24.1 Å². The van der Waals surface area contributed by atoms with Crippen LogP contribution < -0.4 is 4.74 Å². The van der Waals surface area contributed by atoms with E-state index in [0.717, 1.165) is 37.3 Å². The minimum atomic E-state index is -0.353. The lowest BCUT2D eigenvalue weighted by molar-refractivity contribution is -0.136. The zero-order valence-corrected chi connectivity index (χ0v) is 17.8. The molecule has 0 aliphatic carbocycles. The predicted molar refractivity (Wildman–Crippen MR) is 112 cm³/mol. The highest BCUT2D eigenvalue weighted by Crippen LogP contribution is 2.19. The number of hydrogen-bond acceptors (Lipinski definition) is 4. The van der Waals surface area contributed by atoms with Crippen molar-refractivity contribution in [2.45, 2.75) is 26.1 Å². The molecule has 0 spiro atoms. The number of carbonyl (C=O) groups is 1. The average Bonchev–Trinajstić information content (AvgIpc) is 2.73. The van der Waals surface area contributed by atoms with Crippen molar-refractivity contribution in [3.05, 3.63) is 65.2 Å². The van der Waals surface area contributed by atoms with Crippen LogP contribution in [0.4, 0.5) is 8.78 Å². The van der Waals surface area contributed by atoms with Gasteiger partial charge in [-0.15, -0.1) is 0 Å². The molecule has 0 saturated carbocycles. The SMILES string of the molecule is COc1ccc(CN2CCN([C@@H](C)C(=O)N(C)Cc3cccc(F)c3)CC2)cc1F. The quantitative estimate of drug-likeness (QED) is 0.694. The normalized spacial score (nSPS) is 16.3. The highest BCUT2D eigenvalue weighted by molar-refractivity contribution is 5.81. The monoisotopic (exact) mass is 417 g/mol. The first-order valence-corrected chi connectivity index (χ1v) is 10.2. The van der Waals surface area contributed by atoms with Gasteiger partial charge < -0.3 is 9.64 Å². The van der Waals surface area contributed by atoms with E-state index in [9.17, 15) is 13.6 Å². The third kappa shape index (κ3) is 5.55. The lowest BCUT2D eigenvalue weighted by Crippen LogP contribution is -2.53. The van der Waals surface area contributed by atoms with E-state index in [-0.39, 0.29) is 29.3 Å². The van der Waals surface area contributed by atoms with Crippen LogP contribution in [0.15, 0.2) is 42.5 Å². The van der Waals surface area contributed by atoms with Crippen molar-refractivity contribution < 1.29 is 18.3 Å². The second kappa shape index (κ2) is 10.00. The molecule has 1 aliphatic rings. The number of likely N-dealkylation sites (N-methyl/N-ethyl adjacent to an activating group) is 1. The summed E-state index contributed by atoms with van der Waals surface area (Å²) in [6, 6.07) is 11.1. The number of piperazine rings is 1. The highest BCUT2D eigenvalue weighted by Gasteiger charge is 2.27. The van der Waals surface area contributed by atoms with Crippen molar-refractivity contribution in [1.82, 2.24) is 14.7 Å². The average molecular weight is 418 g/mol. The van der Waals surface area contributed by atoms with Crippen LogP contribution in [0, 0.1) is 11.6 Å². The van der Waals surface area contributed by atoms with Crippen LogP contribution in [0.1, 0.15) is 18.1 Å². The molecule has 1 fully saturated rings. The maximum Gasteiger partial charge on any atom is 0.239 e. The van der Waals surface area contributed by atoms with Crippen LogP contribution in [0.25, 0.3) is 0 Å². The van der Waals surface area contributed by atoms with Gasteiger partial charge >= 0.3 is 0 Å². The Morgan fingerprint density at radius 1 is 1.10 bits per heavy atom. The maximum absolute atomic E-state index is 13.9. The second-order valence-electron chi connectivity index (χ2n) is 7.78. The molecule has 1 amide bonds. The lowest BCUT2D eigenvalue weighted by Gasteiger charge is -2.38. The third-order valence-corrected chi connectivity index (χ3v) is 5.62. The van der Waals surface area contributed by atoms with Crippen LogP contribution >= 0.6 is 0 Å². The van der Waals surface area contributed by atoms with Gasteiger partial charge in [-0.3, -0.25) is 14.6 Å². The Kier molecular flexibility index (Phi) is 7.39. The van der Waals surface area contributed by atoms with E-state index in [2.05, 4.69) is 9.80 Å². The van der Waals surface area contributed by atoms with Crippen molar-refractivity contribution in [2.75, 3.05) is 40.3 Å². The molecule has 1 aliphatic heterocycles. The number of amides is 1. The van der Waals surface area contributed by atoms with Gasteiger partial charge in [-0.05, 0) is 42.3 Å². The van der Waals surface area contributed by atoms with E-state index < -0.39 is 0 Å². The van der Waals surface area contributed by atoms with E-state index in [1.165, 1.54) is 25.3 Å². The standard InChI is InChI=1S/C23H29F2N3O2/c1-17(23(29)26(2)15-18-5-4-6-20(24)13-18)28-11-9-27(10-12-28)16-19-7-8-22(30-3)21(25)14-19/h4-8,13-14,17H,9-12,15-16H2,1-3H3/t17-/m0/s1. The highest BCUT2D eigenvalue weighted by atomic mass is 19.1. The Bertz CT molecular complexity index is 869. The smallest absolute Gasteiger partial charge is 0.239 e. The van der Waals surface area contributed by atoms with Crippen molar-refractivity contribution in [3.8, 4) is 5.75 Å². The van der Waals surface area contributed by atoms with Gasteiger partial charge in [0.1, 0.15) is 5.82 Å². The van der Waals surface area contributed by atoms with Crippen LogP contribution in [-0.2, 0) is 17.9 Å². The summed E-state index contributed by atoms with van der Waals surface area (Å²) in [7, 11) is 3.20. The Balaban J connectivity index is 1.50. The first-order valence-electron chi connectivity index (χ1n) is 10.2. The maximum atomic E-state index is 13.9. The first kappa shape index (κ1) is 22.2. The molecule has 5 nitrogen and oxygen atoms in total. The fourth-order valence-electron chi connectivity index (χ4n) is 3.84. The summed E-state index contributed by atoms with van der Waals surface area (Å²) >= 11 is 0. The molecule has 3 rings (SSSR count). The molecule has 162 valence electrons. The Labute approximate surface area is 176 Å². The number of benzene rings is 2. The van der Waals surface area contributed by atoms with Gasteiger partial charge in [-0.2, -0.15) is 0 Å². The minimum absolute atomic E-state index is 0.0185. The summed E-state index contributed by atoms with van der Waals surface area (Å²) in [5.41, 5.74) is 1.68. The van der Waals surface area contributed by atoms with Crippen LogP contribution in [0.5, 0.6) is 5.75 Å². The molecule has 0 aromatic heterocycles. The van der Waals surface area contributed by atoms with Crippen LogP contribution in [0.2, 0.25) is 0 Å². The molecule has 1 saturated heterocycles. The van der Waals surface area contributed by atoms with Gasteiger partial charge in [0.2, 0.25) is 5.91 Å². The Hall–Kier alpha value is -2.51. The van der Waals surface area contributed by atoms with E-state index in [1.807, 2.05) is 19.1 Å². The van der Waals surface area contributed by atoms with Gasteiger partial charge in [0.05, 0.1) is 13.2 Å². The van der Waals surface area contributed by atoms with Crippen molar-refractivity contribution in [2.24, 2.45) is 0 Å². The summed E-state index contributed by atoms with van der Waals surface area (Å²) < 4.78 is 32.2. The Morgan fingerprint density at radius 2 is 1.83 bits per heavy atom. The number of carbonyl (C=O) groups excluding carboxylic acids is 1. The molecule has 1 heterocycles. The summed E-state index contributed by atoms with van der Waals surface area (Å²) in [4.78, 5) is 18.9. The van der Waals surface area contributed by atoms with Crippen molar-refractivity contribution >= 4 is 5.91 Å². The predicted octanol–water partition coefficient (Wildman–Crippen LogP) is 3.14. The van der Waals surface area contributed by atoms with Crippen molar-refractivity contribution in [3.63, 3.8) is 0 Å². The fraction of sp³-hybridized carbons (Fsp3) is 0.435. The number of nitrogens with zero attached hydrogens (tertiary/aromatic N) is 3. The molecule has 2 aromatic rings. The topological polar surface area (TPSA) is 36.0 Å². The van der Waals surface area contributed by atoms with Crippen LogP contribution in [-0.4, -0.2) is 67.0 Å². The summed E-state index contributed by atoms with van der Waals surface area (Å²) in [6.45, 7) is 6.09. The summed E-state index contributed by atoms with van der Waals surface area (Å²) in [6.07, 6.45) is 0. The first-order chi connectivity index (χ1) is 14.4. The third-order valence-electron chi connectivity index (χ3n) is 5.62. The number of methoxy groups -OCH3 is 1. The molecule has 0 radical (unpaired) electrons. The molecule has 0 bridgehead atoms. The molecule has 1 atom stereocenters. The van der Waals surface area contributed by atoms with Gasteiger partial charge in [0.25, 0.3) is 0 Å². The minimum Gasteiger partial charge on any atom is -0.494 e. The van der Waals surface area contributed by atoms with Gasteiger partial charge in [-0.25, -0.2) is 8.78 Å². The number of halogens is 2. The lowest BCUT2D eigenvalue weighted by atomic mass is 10.1. The van der Waals surface area contributed by atoms with Gasteiger partial charge in [0.15, 0.2) is 11.6 Å². The molecule has 0 N–H and O–H groups in total. The largest absolute Gasteiger partial charge is 0.494 e. The number of hydrogen-bond donors (Lipinski definition) is 0. The zero-order chi connectivity index (χ0) is 21.7. The molecule has 7 heteroatoms.